The highest BCUT2D eigenvalue weighted by atomic mass is 19.4. The van der Waals surface area contributed by atoms with Crippen LogP contribution in [0, 0.1) is 6.92 Å². The fourth-order valence-electron chi connectivity index (χ4n) is 5.80. The van der Waals surface area contributed by atoms with Gasteiger partial charge in [0.2, 0.25) is 5.91 Å². The maximum Gasteiger partial charge on any atom is 0.419 e. The standard InChI is InChI=1S/C27H29F3N8O/c1-16-34-22-14-32-21-5-4-20(17-12-19(27(28,29)30)26(31)33-13-17)35-24(21)25(22)38(16)18-6-10-36(11-7-18)15-23(39)37-8-2-3-9-37/h4-5,12-14,18H,2-3,6-11,15H2,1H3,(H2,31,33). The van der Waals surface area contributed by atoms with Crippen molar-refractivity contribution in [1.29, 1.82) is 0 Å². The van der Waals surface area contributed by atoms with Gasteiger partial charge in [-0.15, -0.1) is 0 Å². The van der Waals surface area contributed by atoms with Crippen molar-refractivity contribution in [3.05, 3.63) is 42.0 Å². The lowest BCUT2D eigenvalue weighted by Crippen LogP contribution is -2.42. The third kappa shape index (κ3) is 4.77. The van der Waals surface area contributed by atoms with Crippen LogP contribution >= 0.6 is 0 Å². The van der Waals surface area contributed by atoms with Crippen LogP contribution in [0.25, 0.3) is 33.3 Å². The van der Waals surface area contributed by atoms with Crippen molar-refractivity contribution >= 4 is 33.8 Å². The van der Waals surface area contributed by atoms with E-state index in [2.05, 4.69) is 19.4 Å². The predicted octanol–water partition coefficient (Wildman–Crippen LogP) is 4.21. The van der Waals surface area contributed by atoms with Crippen molar-refractivity contribution in [2.75, 3.05) is 38.5 Å². The zero-order valence-corrected chi connectivity index (χ0v) is 21.6. The quantitative estimate of drug-likeness (QED) is 0.415. The van der Waals surface area contributed by atoms with Crippen molar-refractivity contribution in [3.63, 3.8) is 0 Å². The number of anilines is 1. The maximum absolute atomic E-state index is 13.5. The maximum atomic E-state index is 13.5. The van der Waals surface area contributed by atoms with Crippen molar-refractivity contribution < 1.29 is 18.0 Å². The molecular formula is C27H29F3N8O. The summed E-state index contributed by atoms with van der Waals surface area (Å²) in [7, 11) is 0. The Morgan fingerprint density at radius 3 is 2.49 bits per heavy atom. The van der Waals surface area contributed by atoms with Crippen molar-refractivity contribution in [2.45, 2.75) is 44.8 Å². The first-order chi connectivity index (χ1) is 18.7. The number of likely N-dealkylation sites (tertiary alicyclic amines) is 2. The molecule has 0 aliphatic carbocycles. The third-order valence-corrected chi connectivity index (χ3v) is 7.80. The summed E-state index contributed by atoms with van der Waals surface area (Å²) in [5, 5.41) is 0. The van der Waals surface area contributed by atoms with E-state index in [4.69, 9.17) is 15.7 Å². The number of halogens is 3. The van der Waals surface area contributed by atoms with E-state index in [1.54, 1.807) is 18.3 Å². The molecule has 0 spiro atoms. The van der Waals surface area contributed by atoms with Crippen molar-refractivity contribution in [3.8, 4) is 11.3 Å². The average Bonchev–Trinajstić information content (AvgIpc) is 3.56. The van der Waals surface area contributed by atoms with Crippen LogP contribution < -0.4 is 5.73 Å². The number of carbonyl (C=O) groups excluding carboxylic acids is 1. The highest BCUT2D eigenvalue weighted by Gasteiger charge is 2.34. The molecule has 2 aliphatic heterocycles. The lowest BCUT2D eigenvalue weighted by molar-refractivity contribution is -0.137. The second-order valence-electron chi connectivity index (χ2n) is 10.3. The lowest BCUT2D eigenvalue weighted by Gasteiger charge is -2.33. The Bertz CT molecular complexity index is 1550. The number of carbonyl (C=O) groups is 1. The van der Waals surface area contributed by atoms with E-state index >= 15 is 0 Å². The number of fused-ring (bicyclic) bond motifs is 3. The SMILES string of the molecule is Cc1nc2cnc3ccc(-c4cnc(N)c(C(F)(F)F)c4)nc3c2n1C1CCN(CC(=O)N2CCCC2)CC1. The second kappa shape index (κ2) is 9.74. The van der Waals surface area contributed by atoms with Gasteiger partial charge in [0.25, 0.3) is 0 Å². The third-order valence-electron chi connectivity index (χ3n) is 7.80. The van der Waals surface area contributed by atoms with Crippen LogP contribution in [0.4, 0.5) is 19.0 Å². The average molecular weight is 539 g/mol. The first kappa shape index (κ1) is 25.5. The zero-order valence-electron chi connectivity index (χ0n) is 21.6. The molecule has 4 aromatic heterocycles. The van der Waals surface area contributed by atoms with Gasteiger partial charge in [0.05, 0.1) is 35.0 Å². The van der Waals surface area contributed by atoms with E-state index < -0.39 is 17.6 Å². The van der Waals surface area contributed by atoms with Gasteiger partial charge >= 0.3 is 6.18 Å². The lowest BCUT2D eigenvalue weighted by atomic mass is 10.0. The van der Waals surface area contributed by atoms with Gasteiger partial charge in [0.15, 0.2) is 0 Å². The van der Waals surface area contributed by atoms with Gasteiger partial charge in [0, 0.05) is 44.0 Å². The summed E-state index contributed by atoms with van der Waals surface area (Å²) in [4.78, 5) is 34.5. The molecule has 4 aromatic rings. The number of pyridine rings is 3. The number of hydrogen-bond donors (Lipinski definition) is 1. The van der Waals surface area contributed by atoms with Gasteiger partial charge in [-0.3, -0.25) is 14.7 Å². The summed E-state index contributed by atoms with van der Waals surface area (Å²) in [6.07, 6.45) is 2.24. The number of amides is 1. The molecular weight excluding hydrogens is 509 g/mol. The Labute approximate surface area is 222 Å². The van der Waals surface area contributed by atoms with Gasteiger partial charge in [0.1, 0.15) is 22.7 Å². The fraction of sp³-hybridized carbons (Fsp3) is 0.444. The summed E-state index contributed by atoms with van der Waals surface area (Å²) < 4.78 is 42.5. The largest absolute Gasteiger partial charge is 0.419 e. The molecule has 0 saturated carbocycles. The molecule has 12 heteroatoms. The zero-order chi connectivity index (χ0) is 27.3. The number of imidazole rings is 1. The molecule has 1 amide bonds. The molecule has 2 saturated heterocycles. The molecule has 9 nitrogen and oxygen atoms in total. The van der Waals surface area contributed by atoms with Gasteiger partial charge in [-0.05, 0) is 50.8 Å². The number of nitrogens with zero attached hydrogens (tertiary/aromatic N) is 7. The molecule has 39 heavy (non-hydrogen) atoms. The molecule has 0 radical (unpaired) electrons. The summed E-state index contributed by atoms with van der Waals surface area (Å²) in [6, 6.07) is 4.52. The van der Waals surface area contributed by atoms with Crippen LogP contribution in [0.3, 0.4) is 0 Å². The number of nitrogen functional groups attached to an aromatic ring is 1. The number of piperidine rings is 1. The summed E-state index contributed by atoms with van der Waals surface area (Å²) >= 11 is 0. The first-order valence-corrected chi connectivity index (χ1v) is 13.2. The Balaban J connectivity index is 1.32. The number of aryl methyl sites for hydroxylation is 1. The van der Waals surface area contributed by atoms with Crippen LogP contribution in [-0.4, -0.2) is 72.9 Å². The molecule has 0 unspecified atom stereocenters. The number of nitrogens with two attached hydrogens (primary N) is 1. The molecule has 0 atom stereocenters. The molecule has 204 valence electrons. The Hall–Kier alpha value is -3.80. The highest BCUT2D eigenvalue weighted by Crippen LogP contribution is 2.36. The van der Waals surface area contributed by atoms with Crippen molar-refractivity contribution in [2.24, 2.45) is 0 Å². The second-order valence-corrected chi connectivity index (χ2v) is 10.3. The van der Waals surface area contributed by atoms with E-state index in [0.29, 0.717) is 28.8 Å². The minimum Gasteiger partial charge on any atom is -0.383 e. The Morgan fingerprint density at radius 2 is 1.77 bits per heavy atom. The smallest absolute Gasteiger partial charge is 0.383 e. The Morgan fingerprint density at radius 1 is 1.03 bits per heavy atom. The van der Waals surface area contributed by atoms with Crippen LogP contribution in [0.5, 0.6) is 0 Å². The molecule has 0 bridgehead atoms. The van der Waals surface area contributed by atoms with E-state index in [-0.39, 0.29) is 17.5 Å². The summed E-state index contributed by atoms with van der Waals surface area (Å²) in [5.41, 5.74) is 7.75. The molecule has 6 rings (SSSR count). The molecule has 6 heterocycles. The monoisotopic (exact) mass is 538 g/mol. The number of alkyl halides is 3. The van der Waals surface area contributed by atoms with Gasteiger partial charge < -0.3 is 15.2 Å². The van der Waals surface area contributed by atoms with E-state index in [1.165, 1.54) is 6.20 Å². The van der Waals surface area contributed by atoms with Crippen LogP contribution in [0.15, 0.2) is 30.6 Å². The highest BCUT2D eigenvalue weighted by molar-refractivity contribution is 6.00. The number of aromatic nitrogens is 5. The van der Waals surface area contributed by atoms with Gasteiger partial charge in [-0.1, -0.05) is 0 Å². The molecule has 2 N–H and O–H groups in total. The summed E-state index contributed by atoms with van der Waals surface area (Å²) in [5.74, 6) is 0.458. The number of hydrogen-bond acceptors (Lipinski definition) is 7. The minimum absolute atomic E-state index is 0.152. The topological polar surface area (TPSA) is 106 Å². The molecule has 0 aromatic carbocycles. The molecule has 2 fully saturated rings. The normalized spacial score (nSPS) is 17.5. The van der Waals surface area contributed by atoms with Crippen LogP contribution in [0.1, 0.15) is 43.1 Å². The summed E-state index contributed by atoms with van der Waals surface area (Å²) in [6.45, 7) is 5.69. The Kier molecular flexibility index (Phi) is 6.37. The molecule has 2 aliphatic rings. The van der Waals surface area contributed by atoms with Gasteiger partial charge in [-0.25, -0.2) is 15.0 Å². The van der Waals surface area contributed by atoms with E-state index in [1.807, 2.05) is 11.8 Å². The van der Waals surface area contributed by atoms with Crippen molar-refractivity contribution in [1.82, 2.24) is 34.3 Å². The van der Waals surface area contributed by atoms with Crippen LogP contribution in [0.2, 0.25) is 0 Å². The predicted molar refractivity (Wildman–Crippen MR) is 141 cm³/mol. The van der Waals surface area contributed by atoms with E-state index in [9.17, 15) is 18.0 Å². The van der Waals surface area contributed by atoms with Gasteiger partial charge in [-0.2, -0.15) is 13.2 Å². The van der Waals surface area contributed by atoms with E-state index in [0.717, 1.165) is 69.3 Å². The minimum atomic E-state index is -4.62. The fourth-order valence-corrected chi connectivity index (χ4v) is 5.80. The first-order valence-electron chi connectivity index (χ1n) is 13.2. The van der Waals surface area contributed by atoms with Crippen LogP contribution in [-0.2, 0) is 11.0 Å². The number of rotatable bonds is 4.